The van der Waals surface area contributed by atoms with Crippen LogP contribution in [0.25, 0.3) is 11.1 Å². The lowest BCUT2D eigenvalue weighted by molar-refractivity contribution is -0.119. The topological polar surface area (TPSA) is 64.4 Å². The molecule has 0 unspecified atom stereocenters. The van der Waals surface area contributed by atoms with E-state index in [0.29, 0.717) is 5.88 Å². The number of rotatable bonds is 4. The number of hydrogen-bond donors (Lipinski definition) is 1. The molecule has 0 saturated heterocycles. The zero-order valence-corrected chi connectivity index (χ0v) is 9.34. The molecule has 0 aliphatic carbocycles. The fraction of sp³-hybridized carbons (Fsp3) is 0.167. The average Bonchev–Trinajstić information content (AvgIpc) is 2.78. The van der Waals surface area contributed by atoms with E-state index in [1.807, 2.05) is 30.3 Å². The molecule has 1 aromatic carbocycles. The molecule has 0 bridgehead atoms. The SMILES string of the molecule is COCC(=O)Nc1oncc1-c1ccccc1. The minimum absolute atomic E-state index is 0.0189. The summed E-state index contributed by atoms with van der Waals surface area (Å²) >= 11 is 0. The van der Waals surface area contributed by atoms with E-state index < -0.39 is 0 Å². The predicted molar refractivity (Wildman–Crippen MR) is 62.4 cm³/mol. The molecule has 5 nitrogen and oxygen atoms in total. The first-order valence-corrected chi connectivity index (χ1v) is 5.10. The molecule has 0 spiro atoms. The number of anilines is 1. The van der Waals surface area contributed by atoms with Crippen molar-refractivity contribution in [1.82, 2.24) is 5.16 Å². The van der Waals surface area contributed by atoms with Gasteiger partial charge in [0.05, 0.1) is 11.8 Å². The number of ether oxygens (including phenoxy) is 1. The summed E-state index contributed by atoms with van der Waals surface area (Å²) in [7, 11) is 1.46. The molecule has 2 rings (SSSR count). The Hall–Kier alpha value is -2.14. The molecule has 1 aromatic heterocycles. The van der Waals surface area contributed by atoms with Crippen LogP contribution in [-0.4, -0.2) is 24.8 Å². The van der Waals surface area contributed by atoms with Crippen LogP contribution in [0, 0.1) is 0 Å². The third-order valence-electron chi connectivity index (χ3n) is 2.18. The van der Waals surface area contributed by atoms with Crippen molar-refractivity contribution in [2.75, 3.05) is 19.0 Å². The number of hydrogen-bond acceptors (Lipinski definition) is 4. The van der Waals surface area contributed by atoms with Gasteiger partial charge < -0.3 is 9.26 Å². The number of benzene rings is 1. The van der Waals surface area contributed by atoms with E-state index in [1.165, 1.54) is 7.11 Å². The van der Waals surface area contributed by atoms with Gasteiger partial charge in [-0.15, -0.1) is 0 Å². The van der Waals surface area contributed by atoms with Gasteiger partial charge in [0, 0.05) is 7.11 Å². The Morgan fingerprint density at radius 1 is 1.41 bits per heavy atom. The van der Waals surface area contributed by atoms with E-state index in [-0.39, 0.29) is 12.5 Å². The van der Waals surface area contributed by atoms with Crippen LogP contribution in [-0.2, 0) is 9.53 Å². The van der Waals surface area contributed by atoms with Crippen LogP contribution in [0.5, 0.6) is 0 Å². The van der Waals surface area contributed by atoms with Gasteiger partial charge in [0.2, 0.25) is 5.88 Å². The quantitative estimate of drug-likeness (QED) is 0.874. The number of nitrogens with one attached hydrogen (secondary N) is 1. The molecule has 0 fully saturated rings. The predicted octanol–water partition coefficient (Wildman–Crippen LogP) is 1.93. The van der Waals surface area contributed by atoms with Gasteiger partial charge >= 0.3 is 0 Å². The Balaban J connectivity index is 2.20. The summed E-state index contributed by atoms with van der Waals surface area (Å²) in [6.07, 6.45) is 1.57. The standard InChI is InChI=1S/C12H12N2O3/c1-16-8-11(15)14-12-10(7-13-17-12)9-5-3-2-4-6-9/h2-7H,8H2,1H3,(H,14,15). The van der Waals surface area contributed by atoms with Crippen LogP contribution in [0.3, 0.4) is 0 Å². The summed E-state index contributed by atoms with van der Waals surface area (Å²) in [5, 5.41) is 6.28. The number of aromatic nitrogens is 1. The molecular formula is C12H12N2O3. The van der Waals surface area contributed by atoms with Crippen LogP contribution >= 0.6 is 0 Å². The van der Waals surface area contributed by atoms with Gasteiger partial charge in [-0.25, -0.2) is 0 Å². The maximum Gasteiger partial charge on any atom is 0.252 e. The molecule has 0 aliphatic heterocycles. The zero-order chi connectivity index (χ0) is 12.1. The van der Waals surface area contributed by atoms with Crippen molar-refractivity contribution >= 4 is 11.8 Å². The molecular weight excluding hydrogens is 220 g/mol. The van der Waals surface area contributed by atoms with Crippen LogP contribution < -0.4 is 5.32 Å². The second kappa shape index (κ2) is 5.27. The highest BCUT2D eigenvalue weighted by atomic mass is 16.5. The molecule has 0 radical (unpaired) electrons. The van der Waals surface area contributed by atoms with Crippen LogP contribution in [0.1, 0.15) is 0 Å². The van der Waals surface area contributed by atoms with Crippen molar-refractivity contribution < 1.29 is 14.1 Å². The van der Waals surface area contributed by atoms with Gasteiger partial charge in [-0.3, -0.25) is 10.1 Å². The average molecular weight is 232 g/mol. The van der Waals surface area contributed by atoms with Crippen molar-refractivity contribution in [3.8, 4) is 11.1 Å². The van der Waals surface area contributed by atoms with E-state index in [2.05, 4.69) is 10.5 Å². The smallest absolute Gasteiger partial charge is 0.252 e. The molecule has 1 N–H and O–H groups in total. The normalized spacial score (nSPS) is 10.2. The molecule has 5 heteroatoms. The van der Waals surface area contributed by atoms with E-state index >= 15 is 0 Å². The van der Waals surface area contributed by atoms with E-state index in [4.69, 9.17) is 9.26 Å². The van der Waals surface area contributed by atoms with Crippen LogP contribution in [0.4, 0.5) is 5.88 Å². The molecule has 1 heterocycles. The van der Waals surface area contributed by atoms with Crippen molar-refractivity contribution in [2.24, 2.45) is 0 Å². The summed E-state index contributed by atoms with van der Waals surface area (Å²) < 4.78 is 9.72. The largest absolute Gasteiger partial charge is 0.375 e. The Bertz CT molecular complexity index is 493. The van der Waals surface area contributed by atoms with Gasteiger partial charge in [-0.2, -0.15) is 0 Å². The van der Waals surface area contributed by atoms with Crippen molar-refractivity contribution in [3.05, 3.63) is 36.5 Å². The lowest BCUT2D eigenvalue weighted by Gasteiger charge is -2.03. The minimum Gasteiger partial charge on any atom is -0.375 e. The highest BCUT2D eigenvalue weighted by molar-refractivity contribution is 5.94. The molecule has 0 atom stereocenters. The summed E-state index contributed by atoms with van der Waals surface area (Å²) in [6, 6.07) is 9.56. The highest BCUT2D eigenvalue weighted by Gasteiger charge is 2.12. The maximum atomic E-state index is 11.4. The number of carbonyl (C=O) groups excluding carboxylic acids is 1. The summed E-state index contributed by atoms with van der Waals surface area (Å²) in [6.45, 7) is -0.0189. The second-order valence-corrected chi connectivity index (χ2v) is 3.42. The van der Waals surface area contributed by atoms with Gasteiger partial charge in [0.25, 0.3) is 5.91 Å². The Morgan fingerprint density at radius 3 is 2.88 bits per heavy atom. The van der Waals surface area contributed by atoms with Crippen LogP contribution in [0.2, 0.25) is 0 Å². The molecule has 88 valence electrons. The first-order chi connectivity index (χ1) is 8.31. The minimum atomic E-state index is -0.276. The van der Waals surface area contributed by atoms with E-state index in [1.54, 1.807) is 6.20 Å². The summed E-state index contributed by atoms with van der Waals surface area (Å²) in [5.74, 6) is 0.0553. The Labute approximate surface area is 98.4 Å². The van der Waals surface area contributed by atoms with Crippen molar-refractivity contribution in [1.29, 1.82) is 0 Å². The first-order valence-electron chi connectivity index (χ1n) is 5.10. The number of amides is 1. The third kappa shape index (κ3) is 2.70. The van der Waals surface area contributed by atoms with Crippen molar-refractivity contribution in [2.45, 2.75) is 0 Å². The number of carbonyl (C=O) groups is 1. The number of nitrogens with zero attached hydrogens (tertiary/aromatic N) is 1. The molecule has 1 amide bonds. The second-order valence-electron chi connectivity index (χ2n) is 3.42. The molecule has 0 aliphatic rings. The van der Waals surface area contributed by atoms with Crippen LogP contribution in [0.15, 0.2) is 41.1 Å². The highest BCUT2D eigenvalue weighted by Crippen LogP contribution is 2.27. The van der Waals surface area contributed by atoms with Gasteiger partial charge in [0.15, 0.2) is 0 Å². The molecule has 0 saturated carbocycles. The number of methoxy groups -OCH3 is 1. The Morgan fingerprint density at radius 2 is 2.18 bits per heavy atom. The fourth-order valence-corrected chi connectivity index (χ4v) is 1.45. The lowest BCUT2D eigenvalue weighted by Crippen LogP contribution is -2.17. The Kier molecular flexibility index (Phi) is 3.52. The zero-order valence-electron chi connectivity index (χ0n) is 9.34. The van der Waals surface area contributed by atoms with Crippen molar-refractivity contribution in [3.63, 3.8) is 0 Å². The van der Waals surface area contributed by atoms with Gasteiger partial charge in [-0.05, 0) is 5.56 Å². The lowest BCUT2D eigenvalue weighted by atomic mass is 10.1. The monoisotopic (exact) mass is 232 g/mol. The van der Waals surface area contributed by atoms with E-state index in [0.717, 1.165) is 11.1 Å². The van der Waals surface area contributed by atoms with Gasteiger partial charge in [0.1, 0.15) is 6.61 Å². The summed E-state index contributed by atoms with van der Waals surface area (Å²) in [5.41, 5.74) is 1.68. The summed E-state index contributed by atoms with van der Waals surface area (Å²) in [4.78, 5) is 11.4. The molecule has 17 heavy (non-hydrogen) atoms. The maximum absolute atomic E-state index is 11.4. The molecule has 2 aromatic rings. The third-order valence-corrected chi connectivity index (χ3v) is 2.18. The fourth-order valence-electron chi connectivity index (χ4n) is 1.45. The first kappa shape index (κ1) is 11.3. The van der Waals surface area contributed by atoms with E-state index in [9.17, 15) is 4.79 Å². The van der Waals surface area contributed by atoms with Gasteiger partial charge in [-0.1, -0.05) is 35.5 Å².